The highest BCUT2D eigenvalue weighted by Crippen LogP contribution is 2.31. The van der Waals surface area contributed by atoms with Crippen molar-refractivity contribution in [3.05, 3.63) is 41.0 Å². The molecule has 0 atom stereocenters. The van der Waals surface area contributed by atoms with Gasteiger partial charge in [0.15, 0.2) is 5.15 Å². The highest BCUT2D eigenvalue weighted by molar-refractivity contribution is 7.10. The number of hydrogen-bond donors (Lipinski definition) is 0. The fraction of sp³-hybridized carbons (Fsp3) is 0. The van der Waals surface area contributed by atoms with Crippen molar-refractivity contribution in [2.24, 2.45) is 0 Å². The predicted molar refractivity (Wildman–Crippen MR) is 57.3 cm³/mol. The van der Waals surface area contributed by atoms with Gasteiger partial charge in [0.1, 0.15) is 11.6 Å². The van der Waals surface area contributed by atoms with Crippen LogP contribution in [0.3, 0.4) is 0 Å². The van der Waals surface area contributed by atoms with Crippen molar-refractivity contribution >= 4 is 23.1 Å². The van der Waals surface area contributed by atoms with Gasteiger partial charge in [0.25, 0.3) is 0 Å². The van der Waals surface area contributed by atoms with E-state index in [0.717, 1.165) is 10.4 Å². The Morgan fingerprint density at radius 1 is 1.29 bits per heavy atom. The first-order valence-corrected chi connectivity index (χ1v) is 5.08. The summed E-state index contributed by atoms with van der Waals surface area (Å²) in [7, 11) is 0. The molecular weight excluding hydrogens is 216 g/mol. The van der Waals surface area contributed by atoms with Crippen LogP contribution in [0.25, 0.3) is 10.4 Å². The first-order chi connectivity index (χ1) is 6.83. The number of hydrogen-bond acceptors (Lipinski definition) is 3. The van der Waals surface area contributed by atoms with Crippen LogP contribution in [-0.4, -0.2) is 4.37 Å². The molecule has 2 nitrogen and oxygen atoms in total. The average Bonchev–Trinajstić information content (AvgIpc) is 2.61. The minimum Gasteiger partial charge on any atom is -0.192 e. The van der Waals surface area contributed by atoms with Gasteiger partial charge in [-0.05, 0) is 17.1 Å². The summed E-state index contributed by atoms with van der Waals surface area (Å²) in [5, 5.41) is 9.17. The molecule has 0 unspecified atom stereocenters. The summed E-state index contributed by atoms with van der Waals surface area (Å²) in [6.07, 6.45) is 0. The molecule has 0 saturated carbocycles. The second-order valence-electron chi connectivity index (χ2n) is 2.66. The van der Waals surface area contributed by atoms with E-state index in [9.17, 15) is 0 Å². The predicted octanol–water partition coefficient (Wildman–Crippen LogP) is 3.34. The molecule has 0 fully saturated rings. The molecule has 1 aromatic heterocycles. The van der Waals surface area contributed by atoms with Crippen LogP contribution >= 0.6 is 23.1 Å². The highest BCUT2D eigenvalue weighted by Gasteiger charge is 2.12. The number of rotatable bonds is 1. The molecule has 0 aliphatic rings. The van der Waals surface area contributed by atoms with Crippen molar-refractivity contribution in [1.29, 1.82) is 5.26 Å². The second-order valence-corrected chi connectivity index (χ2v) is 3.79. The monoisotopic (exact) mass is 220 g/mol. The van der Waals surface area contributed by atoms with Gasteiger partial charge in [-0.2, -0.15) is 9.64 Å². The Hall–Kier alpha value is -1.37. The number of aromatic nitrogens is 1. The topological polar surface area (TPSA) is 36.7 Å². The molecule has 14 heavy (non-hydrogen) atoms. The van der Waals surface area contributed by atoms with E-state index < -0.39 is 0 Å². The molecule has 2 rings (SSSR count). The Kier molecular flexibility index (Phi) is 2.49. The van der Waals surface area contributed by atoms with Crippen molar-refractivity contribution in [2.75, 3.05) is 0 Å². The molecule has 0 bridgehead atoms. The summed E-state index contributed by atoms with van der Waals surface area (Å²) < 4.78 is 3.95. The molecule has 4 heteroatoms. The van der Waals surface area contributed by atoms with Crippen LogP contribution in [-0.2, 0) is 0 Å². The van der Waals surface area contributed by atoms with Gasteiger partial charge in [-0.1, -0.05) is 41.9 Å². The number of nitriles is 1. The highest BCUT2D eigenvalue weighted by atomic mass is 35.5. The third-order valence-electron chi connectivity index (χ3n) is 1.80. The molecule has 0 saturated heterocycles. The van der Waals surface area contributed by atoms with Gasteiger partial charge in [0, 0.05) is 0 Å². The maximum atomic E-state index is 8.88. The van der Waals surface area contributed by atoms with E-state index in [0.29, 0.717) is 5.56 Å². The Balaban J connectivity index is 2.59. The largest absolute Gasteiger partial charge is 0.192 e. The van der Waals surface area contributed by atoms with Crippen molar-refractivity contribution in [3.8, 4) is 16.5 Å². The van der Waals surface area contributed by atoms with Crippen molar-refractivity contribution < 1.29 is 0 Å². The molecule has 0 spiro atoms. The summed E-state index contributed by atoms with van der Waals surface area (Å²) in [5.74, 6) is 0. The molecular formula is C10H5ClN2S. The smallest absolute Gasteiger partial charge is 0.161 e. The van der Waals surface area contributed by atoms with Crippen LogP contribution in [0, 0.1) is 11.3 Å². The lowest BCUT2D eigenvalue weighted by molar-refractivity contribution is 1.47. The number of nitrogens with zero attached hydrogens (tertiary/aromatic N) is 2. The Morgan fingerprint density at radius 3 is 2.64 bits per heavy atom. The molecule has 0 aliphatic heterocycles. The third kappa shape index (κ3) is 1.50. The van der Waals surface area contributed by atoms with E-state index in [1.54, 1.807) is 0 Å². The zero-order chi connectivity index (χ0) is 9.97. The van der Waals surface area contributed by atoms with Gasteiger partial charge in [-0.15, -0.1) is 0 Å². The normalized spacial score (nSPS) is 9.71. The number of halogens is 1. The van der Waals surface area contributed by atoms with Crippen LogP contribution < -0.4 is 0 Å². The summed E-state index contributed by atoms with van der Waals surface area (Å²) >= 11 is 7.02. The maximum absolute atomic E-state index is 8.88. The Bertz CT molecular complexity index is 485. The minimum absolute atomic E-state index is 0.288. The van der Waals surface area contributed by atoms with Crippen LogP contribution in [0.15, 0.2) is 30.3 Å². The average molecular weight is 221 g/mol. The fourth-order valence-corrected chi connectivity index (χ4v) is 2.19. The first-order valence-electron chi connectivity index (χ1n) is 3.93. The lowest BCUT2D eigenvalue weighted by Crippen LogP contribution is -1.76. The number of benzene rings is 1. The van der Waals surface area contributed by atoms with E-state index >= 15 is 0 Å². The molecule has 0 amide bonds. The summed E-state index contributed by atoms with van der Waals surface area (Å²) in [6.45, 7) is 0. The van der Waals surface area contributed by atoms with Crippen molar-refractivity contribution in [2.45, 2.75) is 0 Å². The van der Waals surface area contributed by atoms with Gasteiger partial charge in [0.05, 0.1) is 4.88 Å². The van der Waals surface area contributed by atoms with Crippen molar-refractivity contribution in [1.82, 2.24) is 4.37 Å². The molecule has 0 N–H and O–H groups in total. The van der Waals surface area contributed by atoms with Gasteiger partial charge < -0.3 is 0 Å². The SMILES string of the molecule is N#Cc1c(Cl)nsc1-c1ccccc1. The molecule has 0 aliphatic carbocycles. The van der Waals surface area contributed by atoms with Gasteiger partial charge in [0.2, 0.25) is 0 Å². The molecule has 1 aromatic carbocycles. The standard InChI is InChI=1S/C10H5ClN2S/c11-10-8(6-12)9(14-13-10)7-4-2-1-3-5-7/h1-5H. The zero-order valence-electron chi connectivity index (χ0n) is 7.07. The molecule has 68 valence electrons. The fourth-order valence-electron chi connectivity index (χ4n) is 1.15. The lowest BCUT2D eigenvalue weighted by atomic mass is 10.1. The Labute approximate surface area is 90.6 Å². The third-order valence-corrected chi connectivity index (χ3v) is 3.07. The van der Waals surface area contributed by atoms with E-state index in [-0.39, 0.29) is 5.15 Å². The molecule has 1 heterocycles. The van der Waals surface area contributed by atoms with Crippen LogP contribution in [0.5, 0.6) is 0 Å². The van der Waals surface area contributed by atoms with E-state index in [1.165, 1.54) is 11.5 Å². The summed E-state index contributed by atoms with van der Waals surface area (Å²) in [4.78, 5) is 0.832. The summed E-state index contributed by atoms with van der Waals surface area (Å²) in [6, 6.07) is 11.7. The van der Waals surface area contributed by atoms with E-state index in [4.69, 9.17) is 16.9 Å². The van der Waals surface area contributed by atoms with E-state index in [2.05, 4.69) is 10.4 Å². The maximum Gasteiger partial charge on any atom is 0.161 e. The Morgan fingerprint density at radius 2 is 2.00 bits per heavy atom. The summed E-state index contributed by atoms with van der Waals surface area (Å²) in [5.41, 5.74) is 1.44. The first kappa shape index (κ1) is 9.20. The van der Waals surface area contributed by atoms with E-state index in [1.807, 2.05) is 30.3 Å². The van der Waals surface area contributed by atoms with Gasteiger partial charge in [-0.25, -0.2) is 0 Å². The van der Waals surface area contributed by atoms with Crippen molar-refractivity contribution in [3.63, 3.8) is 0 Å². The second kappa shape index (κ2) is 3.79. The van der Waals surface area contributed by atoms with Crippen LogP contribution in [0.2, 0.25) is 5.15 Å². The van der Waals surface area contributed by atoms with Crippen LogP contribution in [0.4, 0.5) is 0 Å². The molecule has 2 aromatic rings. The zero-order valence-corrected chi connectivity index (χ0v) is 8.64. The van der Waals surface area contributed by atoms with Crippen LogP contribution in [0.1, 0.15) is 5.56 Å². The van der Waals surface area contributed by atoms with Gasteiger partial charge in [-0.3, -0.25) is 0 Å². The minimum atomic E-state index is 0.288. The lowest BCUT2D eigenvalue weighted by Gasteiger charge is -1.95. The van der Waals surface area contributed by atoms with Gasteiger partial charge >= 0.3 is 0 Å². The molecule has 0 radical (unpaired) electrons. The quantitative estimate of drug-likeness (QED) is 0.739.